The highest BCUT2D eigenvalue weighted by Gasteiger charge is 2.35. The van der Waals surface area contributed by atoms with Crippen molar-refractivity contribution in [3.63, 3.8) is 0 Å². The topological polar surface area (TPSA) is 112 Å². The molecule has 2 aromatic heterocycles. The molecule has 22 heavy (non-hydrogen) atoms. The van der Waals surface area contributed by atoms with Gasteiger partial charge in [0, 0.05) is 18.5 Å². The van der Waals surface area contributed by atoms with E-state index in [-0.39, 0.29) is 16.8 Å². The van der Waals surface area contributed by atoms with Crippen LogP contribution in [0, 0.1) is 6.92 Å². The zero-order valence-electron chi connectivity index (χ0n) is 12.3. The summed E-state index contributed by atoms with van der Waals surface area (Å²) in [7, 11) is -3.39. The second kappa shape index (κ2) is 5.24. The Morgan fingerprint density at radius 1 is 1.32 bits per heavy atom. The Labute approximate surface area is 127 Å². The number of aromatic nitrogens is 4. The zero-order valence-corrected chi connectivity index (χ0v) is 13.1. The third-order valence-electron chi connectivity index (χ3n) is 3.94. The van der Waals surface area contributed by atoms with Crippen LogP contribution in [0.2, 0.25) is 0 Å². The Morgan fingerprint density at radius 3 is 2.68 bits per heavy atom. The second-order valence-electron chi connectivity index (χ2n) is 5.49. The predicted octanol–water partition coefficient (Wildman–Crippen LogP) is 0.822. The molecule has 1 atom stereocenters. The molecule has 1 unspecified atom stereocenters. The van der Waals surface area contributed by atoms with Gasteiger partial charge in [-0.2, -0.15) is 10.2 Å². The van der Waals surface area contributed by atoms with Crippen LogP contribution in [-0.4, -0.2) is 52.4 Å². The minimum Gasteiger partial charge on any atom is -0.330 e. The number of amides is 1. The van der Waals surface area contributed by atoms with Gasteiger partial charge < -0.3 is 4.90 Å². The Morgan fingerprint density at radius 2 is 2.05 bits per heavy atom. The van der Waals surface area contributed by atoms with Crippen molar-refractivity contribution < 1.29 is 13.2 Å². The van der Waals surface area contributed by atoms with Crippen molar-refractivity contribution in [2.45, 2.75) is 30.7 Å². The lowest BCUT2D eigenvalue weighted by molar-refractivity contribution is 0.0730. The monoisotopic (exact) mass is 323 g/mol. The number of nitrogens with zero attached hydrogens (tertiary/aromatic N) is 3. The molecule has 0 saturated carbocycles. The average Bonchev–Trinajstić information content (AvgIpc) is 3.16. The molecule has 118 valence electrons. The molecule has 3 heterocycles. The van der Waals surface area contributed by atoms with Crippen molar-refractivity contribution >= 4 is 15.7 Å². The number of likely N-dealkylation sites (tertiary alicyclic amines) is 1. The molecule has 0 spiro atoms. The summed E-state index contributed by atoms with van der Waals surface area (Å²) in [6.07, 6.45) is 5.46. The van der Waals surface area contributed by atoms with E-state index in [0.717, 1.165) is 12.7 Å². The largest absolute Gasteiger partial charge is 0.330 e. The summed E-state index contributed by atoms with van der Waals surface area (Å²) in [5.41, 5.74) is 1.69. The summed E-state index contributed by atoms with van der Waals surface area (Å²) in [5, 5.41) is 13.2. The van der Waals surface area contributed by atoms with E-state index in [2.05, 4.69) is 20.4 Å². The molecule has 1 saturated heterocycles. The van der Waals surface area contributed by atoms with Gasteiger partial charge in [-0.3, -0.25) is 15.0 Å². The fourth-order valence-electron chi connectivity index (χ4n) is 2.85. The lowest BCUT2D eigenvalue weighted by Crippen LogP contribution is -2.31. The van der Waals surface area contributed by atoms with E-state index in [1.54, 1.807) is 11.8 Å². The van der Waals surface area contributed by atoms with E-state index in [9.17, 15) is 13.2 Å². The number of H-pyrrole nitrogens is 2. The van der Waals surface area contributed by atoms with Crippen LogP contribution in [0.25, 0.3) is 0 Å². The van der Waals surface area contributed by atoms with Crippen molar-refractivity contribution in [3.8, 4) is 0 Å². The number of hydrogen-bond acceptors (Lipinski definition) is 5. The number of nitrogens with one attached hydrogen (secondary N) is 2. The maximum atomic E-state index is 12.7. The summed E-state index contributed by atoms with van der Waals surface area (Å²) in [5.74, 6) is -0.150. The van der Waals surface area contributed by atoms with Crippen molar-refractivity contribution in [3.05, 3.63) is 29.3 Å². The van der Waals surface area contributed by atoms with Crippen LogP contribution in [0.15, 0.2) is 17.3 Å². The van der Waals surface area contributed by atoms with Crippen LogP contribution >= 0.6 is 0 Å². The van der Waals surface area contributed by atoms with Gasteiger partial charge in [0.05, 0.1) is 29.7 Å². The van der Waals surface area contributed by atoms with E-state index in [0.29, 0.717) is 29.9 Å². The number of hydrogen-bond donors (Lipinski definition) is 2. The van der Waals surface area contributed by atoms with Crippen LogP contribution in [0.3, 0.4) is 0 Å². The lowest BCUT2D eigenvalue weighted by atomic mass is 10.1. The van der Waals surface area contributed by atoms with E-state index < -0.39 is 9.84 Å². The van der Waals surface area contributed by atoms with E-state index in [4.69, 9.17) is 0 Å². The number of carbonyl (C=O) groups is 1. The first kappa shape index (κ1) is 14.8. The van der Waals surface area contributed by atoms with Gasteiger partial charge in [0.25, 0.3) is 5.91 Å². The van der Waals surface area contributed by atoms with Gasteiger partial charge in [0.1, 0.15) is 4.90 Å². The van der Waals surface area contributed by atoms with E-state index in [1.807, 2.05) is 0 Å². The SMILES string of the molecule is Cc1[nH]ncc1C(=O)N1CCCC1c1[nH]ncc1S(C)(=O)=O. The van der Waals surface area contributed by atoms with Gasteiger partial charge in [-0.15, -0.1) is 0 Å². The van der Waals surface area contributed by atoms with Crippen LogP contribution in [0.4, 0.5) is 0 Å². The molecule has 2 aromatic rings. The minimum absolute atomic E-state index is 0.150. The summed E-state index contributed by atoms with van der Waals surface area (Å²) in [6.45, 7) is 2.36. The molecule has 1 amide bonds. The van der Waals surface area contributed by atoms with Crippen molar-refractivity contribution in [2.75, 3.05) is 12.8 Å². The van der Waals surface area contributed by atoms with Gasteiger partial charge in [-0.05, 0) is 19.8 Å². The van der Waals surface area contributed by atoms with Crippen LogP contribution in [0.5, 0.6) is 0 Å². The fourth-order valence-corrected chi connectivity index (χ4v) is 3.68. The molecule has 3 rings (SSSR count). The smallest absolute Gasteiger partial charge is 0.257 e. The van der Waals surface area contributed by atoms with Gasteiger partial charge in [0.15, 0.2) is 9.84 Å². The van der Waals surface area contributed by atoms with Crippen molar-refractivity contribution in [2.24, 2.45) is 0 Å². The number of rotatable bonds is 3. The normalized spacial score (nSPS) is 18.8. The Kier molecular flexibility index (Phi) is 3.51. The molecule has 0 radical (unpaired) electrons. The summed E-state index contributed by atoms with van der Waals surface area (Å²) < 4.78 is 23.7. The minimum atomic E-state index is -3.39. The molecule has 1 fully saturated rings. The lowest BCUT2D eigenvalue weighted by Gasteiger charge is -2.24. The maximum absolute atomic E-state index is 12.7. The Balaban J connectivity index is 1.97. The van der Waals surface area contributed by atoms with Gasteiger partial charge >= 0.3 is 0 Å². The highest BCUT2D eigenvalue weighted by molar-refractivity contribution is 7.90. The third-order valence-corrected chi connectivity index (χ3v) is 5.06. The van der Waals surface area contributed by atoms with Crippen LogP contribution in [-0.2, 0) is 9.84 Å². The third kappa shape index (κ3) is 2.41. The van der Waals surface area contributed by atoms with E-state index >= 15 is 0 Å². The zero-order chi connectivity index (χ0) is 15.9. The number of aryl methyl sites for hydroxylation is 1. The predicted molar refractivity (Wildman–Crippen MR) is 78.0 cm³/mol. The quantitative estimate of drug-likeness (QED) is 0.868. The molecule has 1 aliphatic heterocycles. The molecular formula is C13H17N5O3S. The van der Waals surface area contributed by atoms with Crippen LogP contribution in [0.1, 0.15) is 40.6 Å². The molecule has 0 aliphatic carbocycles. The first-order valence-electron chi connectivity index (χ1n) is 6.94. The van der Waals surface area contributed by atoms with Gasteiger partial charge in [-0.25, -0.2) is 8.42 Å². The molecule has 8 nitrogen and oxygen atoms in total. The molecule has 9 heteroatoms. The number of carbonyl (C=O) groups excluding carboxylic acids is 1. The standard InChI is InChI=1S/C13H17N5O3S/c1-8-9(6-14-16-8)13(19)18-5-3-4-10(18)12-11(7-15-17-12)22(2,20)21/h6-7,10H,3-5H2,1-2H3,(H,14,16)(H,15,17). The van der Waals surface area contributed by atoms with Gasteiger partial charge in [-0.1, -0.05) is 0 Å². The fraction of sp³-hybridized carbons (Fsp3) is 0.462. The molecular weight excluding hydrogens is 306 g/mol. The summed E-state index contributed by atoms with van der Waals surface area (Å²) >= 11 is 0. The Hall–Kier alpha value is -2.16. The molecule has 1 aliphatic rings. The number of aromatic amines is 2. The highest BCUT2D eigenvalue weighted by Crippen LogP contribution is 2.35. The van der Waals surface area contributed by atoms with Crippen molar-refractivity contribution in [1.82, 2.24) is 25.3 Å². The molecule has 2 N–H and O–H groups in total. The van der Waals surface area contributed by atoms with E-state index in [1.165, 1.54) is 12.4 Å². The Bertz CT molecular complexity index is 807. The maximum Gasteiger partial charge on any atom is 0.257 e. The highest BCUT2D eigenvalue weighted by atomic mass is 32.2. The first-order valence-corrected chi connectivity index (χ1v) is 8.83. The van der Waals surface area contributed by atoms with Gasteiger partial charge in [0.2, 0.25) is 0 Å². The van der Waals surface area contributed by atoms with Crippen molar-refractivity contribution in [1.29, 1.82) is 0 Å². The summed E-state index contributed by atoms with van der Waals surface area (Å²) in [4.78, 5) is 14.5. The molecule has 0 bridgehead atoms. The average molecular weight is 323 g/mol. The summed E-state index contributed by atoms with van der Waals surface area (Å²) in [6, 6.07) is -0.311. The molecule has 0 aromatic carbocycles. The number of sulfone groups is 1. The first-order chi connectivity index (χ1) is 10.4. The van der Waals surface area contributed by atoms with Crippen LogP contribution < -0.4 is 0 Å². The second-order valence-corrected chi connectivity index (χ2v) is 7.47.